The molecular formula is C7H16N2O3S. The van der Waals surface area contributed by atoms with E-state index in [-0.39, 0.29) is 12.6 Å². The summed E-state index contributed by atoms with van der Waals surface area (Å²) in [5.41, 5.74) is 0. The molecule has 0 rings (SSSR count). The molecule has 5 nitrogen and oxygen atoms in total. The van der Waals surface area contributed by atoms with Crippen molar-refractivity contribution in [3.63, 3.8) is 0 Å². The van der Waals surface area contributed by atoms with Crippen LogP contribution in [0.25, 0.3) is 0 Å². The van der Waals surface area contributed by atoms with E-state index in [9.17, 15) is 13.2 Å². The minimum atomic E-state index is -3.15. The van der Waals surface area contributed by atoms with Gasteiger partial charge in [0.25, 0.3) is 0 Å². The molecule has 0 aromatic rings. The molecule has 0 aliphatic rings. The third kappa shape index (κ3) is 3.63. The van der Waals surface area contributed by atoms with Gasteiger partial charge in [0.1, 0.15) is 0 Å². The van der Waals surface area contributed by atoms with Crippen LogP contribution in [0, 0.1) is 0 Å². The average Bonchev–Trinajstić information content (AvgIpc) is 1.98. The van der Waals surface area contributed by atoms with Crippen molar-refractivity contribution in [2.24, 2.45) is 0 Å². The second kappa shape index (κ2) is 3.95. The Morgan fingerprint density at radius 2 is 1.85 bits per heavy atom. The topological polar surface area (TPSA) is 75.3 Å². The first-order valence-corrected chi connectivity index (χ1v) is 5.75. The predicted molar refractivity (Wildman–Crippen MR) is 51.4 cm³/mol. The molecule has 13 heavy (non-hydrogen) atoms. The van der Waals surface area contributed by atoms with Crippen LogP contribution in [0.15, 0.2) is 0 Å². The van der Waals surface area contributed by atoms with E-state index in [4.69, 9.17) is 0 Å². The highest BCUT2D eigenvalue weighted by atomic mass is 32.2. The predicted octanol–water partition coefficient (Wildman–Crippen LogP) is -0.261. The minimum Gasteiger partial charge on any atom is -0.341 e. The van der Waals surface area contributed by atoms with E-state index in [0.717, 1.165) is 6.26 Å². The number of urea groups is 1. The number of carbonyl (C=O) groups is 1. The fourth-order valence-corrected chi connectivity index (χ4v) is 0.847. The summed E-state index contributed by atoms with van der Waals surface area (Å²) in [5, 5.41) is 4.79. The smallest absolute Gasteiger partial charge is 0.314 e. The monoisotopic (exact) mass is 208 g/mol. The zero-order valence-electron chi connectivity index (χ0n) is 8.34. The molecule has 78 valence electrons. The zero-order valence-corrected chi connectivity index (χ0v) is 9.16. The van der Waals surface area contributed by atoms with E-state index in [1.807, 2.05) is 0 Å². The van der Waals surface area contributed by atoms with Crippen molar-refractivity contribution < 1.29 is 13.2 Å². The maximum Gasteiger partial charge on any atom is 0.314 e. The van der Waals surface area contributed by atoms with Crippen LogP contribution in [0.5, 0.6) is 0 Å². The maximum atomic E-state index is 11.2. The van der Waals surface area contributed by atoms with E-state index in [0.29, 0.717) is 0 Å². The maximum absolute atomic E-state index is 11.2. The number of amides is 2. The number of rotatable bonds is 3. The highest BCUT2D eigenvalue weighted by molar-refractivity contribution is 7.92. The van der Waals surface area contributed by atoms with E-state index < -0.39 is 14.6 Å². The molecule has 0 aliphatic carbocycles. The Bertz CT molecular complexity index is 282. The van der Waals surface area contributed by atoms with Gasteiger partial charge in [-0.05, 0) is 13.8 Å². The Hall–Kier alpha value is -0.780. The van der Waals surface area contributed by atoms with Gasteiger partial charge in [0.05, 0.1) is 4.75 Å². The van der Waals surface area contributed by atoms with Gasteiger partial charge >= 0.3 is 6.03 Å². The van der Waals surface area contributed by atoms with Gasteiger partial charge in [-0.15, -0.1) is 0 Å². The van der Waals surface area contributed by atoms with Crippen molar-refractivity contribution in [2.75, 3.05) is 19.8 Å². The second-order valence-corrected chi connectivity index (χ2v) is 6.11. The van der Waals surface area contributed by atoms with Crippen LogP contribution in [0.1, 0.15) is 13.8 Å². The molecule has 0 aliphatic heterocycles. The van der Waals surface area contributed by atoms with Crippen LogP contribution in [-0.2, 0) is 9.84 Å². The van der Waals surface area contributed by atoms with Crippen molar-refractivity contribution >= 4 is 15.9 Å². The first-order valence-electron chi connectivity index (χ1n) is 3.86. The van der Waals surface area contributed by atoms with Crippen molar-refractivity contribution in [3.8, 4) is 0 Å². The molecule has 0 fully saturated rings. The summed E-state index contributed by atoms with van der Waals surface area (Å²) in [5.74, 6) is 0. The molecule has 0 bridgehead atoms. The highest BCUT2D eigenvalue weighted by Crippen LogP contribution is 2.12. The largest absolute Gasteiger partial charge is 0.341 e. The van der Waals surface area contributed by atoms with Gasteiger partial charge in [-0.1, -0.05) is 0 Å². The van der Waals surface area contributed by atoms with Crippen LogP contribution in [-0.4, -0.2) is 39.0 Å². The average molecular weight is 208 g/mol. The number of hydrogen-bond donors (Lipinski definition) is 2. The molecule has 0 radical (unpaired) electrons. The van der Waals surface area contributed by atoms with Gasteiger partial charge < -0.3 is 10.6 Å². The lowest BCUT2D eigenvalue weighted by Crippen LogP contribution is -2.46. The van der Waals surface area contributed by atoms with Gasteiger partial charge in [-0.25, -0.2) is 13.2 Å². The first kappa shape index (κ1) is 12.2. The SMILES string of the molecule is CNC(=O)NCC(C)(C)S(C)(=O)=O. The van der Waals surface area contributed by atoms with Crippen LogP contribution >= 0.6 is 0 Å². The summed E-state index contributed by atoms with van der Waals surface area (Å²) < 4.78 is 21.4. The van der Waals surface area contributed by atoms with E-state index in [1.54, 1.807) is 13.8 Å². The van der Waals surface area contributed by atoms with Crippen molar-refractivity contribution in [3.05, 3.63) is 0 Å². The Kier molecular flexibility index (Phi) is 3.71. The van der Waals surface area contributed by atoms with Crippen molar-refractivity contribution in [2.45, 2.75) is 18.6 Å². The Balaban J connectivity index is 4.29. The van der Waals surface area contributed by atoms with Crippen LogP contribution in [0.4, 0.5) is 4.79 Å². The van der Waals surface area contributed by atoms with Crippen molar-refractivity contribution in [1.29, 1.82) is 0 Å². The summed E-state index contributed by atoms with van der Waals surface area (Å²) in [6.45, 7) is 3.24. The summed E-state index contributed by atoms with van der Waals surface area (Å²) in [6.07, 6.45) is 1.15. The molecule has 0 aromatic heterocycles. The zero-order chi connectivity index (χ0) is 10.7. The summed E-state index contributed by atoms with van der Waals surface area (Å²) >= 11 is 0. The quantitative estimate of drug-likeness (QED) is 0.671. The molecule has 0 atom stereocenters. The second-order valence-electron chi connectivity index (χ2n) is 3.46. The molecule has 2 amide bonds. The molecule has 0 unspecified atom stereocenters. The standard InChI is InChI=1S/C7H16N2O3S/c1-7(2,13(4,11)12)5-9-6(10)8-3/h5H2,1-4H3,(H2,8,9,10). The fraction of sp³-hybridized carbons (Fsp3) is 0.857. The summed E-state index contributed by atoms with van der Waals surface area (Å²) in [7, 11) is -1.67. The lowest BCUT2D eigenvalue weighted by Gasteiger charge is -2.22. The third-order valence-corrected chi connectivity index (χ3v) is 4.06. The number of sulfone groups is 1. The molecular weight excluding hydrogens is 192 g/mol. The molecule has 2 N–H and O–H groups in total. The van der Waals surface area contributed by atoms with E-state index >= 15 is 0 Å². The molecule has 6 heteroatoms. The van der Waals surface area contributed by atoms with Gasteiger partial charge in [-0.3, -0.25) is 0 Å². The van der Waals surface area contributed by atoms with Gasteiger partial charge in [-0.2, -0.15) is 0 Å². The van der Waals surface area contributed by atoms with Gasteiger partial charge in [0.2, 0.25) is 0 Å². The molecule has 0 heterocycles. The molecule has 0 saturated heterocycles. The van der Waals surface area contributed by atoms with Crippen LogP contribution in [0.2, 0.25) is 0 Å². The molecule has 0 aromatic carbocycles. The molecule has 0 saturated carbocycles. The first-order chi connectivity index (χ1) is 5.70. The van der Waals surface area contributed by atoms with Crippen LogP contribution in [0.3, 0.4) is 0 Å². The van der Waals surface area contributed by atoms with Gasteiger partial charge in [0.15, 0.2) is 9.84 Å². The Morgan fingerprint density at radius 3 is 2.15 bits per heavy atom. The third-order valence-electron chi connectivity index (χ3n) is 1.91. The van der Waals surface area contributed by atoms with Crippen LogP contribution < -0.4 is 10.6 Å². The summed E-state index contributed by atoms with van der Waals surface area (Å²) in [6, 6.07) is -0.378. The normalized spacial score (nSPS) is 12.3. The number of carbonyl (C=O) groups excluding carboxylic acids is 1. The molecule has 0 spiro atoms. The lowest BCUT2D eigenvalue weighted by molar-refractivity contribution is 0.242. The number of nitrogens with one attached hydrogen (secondary N) is 2. The lowest BCUT2D eigenvalue weighted by atomic mass is 10.2. The van der Waals surface area contributed by atoms with Crippen molar-refractivity contribution in [1.82, 2.24) is 10.6 Å². The van der Waals surface area contributed by atoms with Gasteiger partial charge in [0, 0.05) is 19.8 Å². The minimum absolute atomic E-state index is 0.103. The fourth-order valence-electron chi connectivity index (χ4n) is 0.513. The van der Waals surface area contributed by atoms with E-state index in [2.05, 4.69) is 10.6 Å². The summed E-state index contributed by atoms with van der Waals surface area (Å²) in [4.78, 5) is 10.8. The van der Waals surface area contributed by atoms with E-state index in [1.165, 1.54) is 7.05 Å². The Labute approximate surface area is 78.8 Å². The highest BCUT2D eigenvalue weighted by Gasteiger charge is 2.30. The number of hydrogen-bond acceptors (Lipinski definition) is 3. The Morgan fingerprint density at radius 1 is 1.38 bits per heavy atom.